The summed E-state index contributed by atoms with van der Waals surface area (Å²) in [5, 5.41) is 3.55. The van der Waals surface area contributed by atoms with E-state index in [9.17, 15) is 0 Å². The molecule has 0 saturated carbocycles. The van der Waals surface area contributed by atoms with Gasteiger partial charge in [-0.25, -0.2) is 0 Å². The second-order valence-electron chi connectivity index (χ2n) is 9.16. The van der Waals surface area contributed by atoms with Crippen molar-refractivity contribution in [2.45, 2.75) is 58.6 Å². The molecule has 1 aliphatic rings. The first kappa shape index (κ1) is 19.4. The van der Waals surface area contributed by atoms with Gasteiger partial charge in [0.05, 0.1) is 19.9 Å². The Hall–Kier alpha value is -2.36. The van der Waals surface area contributed by atoms with Gasteiger partial charge in [-0.15, -0.1) is 0 Å². The third kappa shape index (κ3) is 3.71. The molecule has 1 atom stereocenters. The van der Waals surface area contributed by atoms with Gasteiger partial charge in [-0.05, 0) is 40.7 Å². The Morgan fingerprint density at radius 3 is 2.07 bits per heavy atom. The SMILES string of the molecule is COc1ccc([C@@H]2Nc3cc(C(C)(C)C)cc(C(C)(C)C)c3O2)cc1OC. The number of methoxy groups -OCH3 is 2. The van der Waals surface area contributed by atoms with Gasteiger partial charge in [0.2, 0.25) is 0 Å². The fraction of sp³-hybridized carbons (Fsp3) is 0.478. The maximum Gasteiger partial charge on any atom is 0.196 e. The standard InChI is InChI=1S/C23H31NO3/c1-22(2,3)15-12-16(23(4,5)6)20-17(13-15)24-21(27-20)14-9-10-18(25-7)19(11-14)26-8/h9-13,21,24H,1-8H3/t21-/m1/s1. The average molecular weight is 370 g/mol. The molecule has 0 unspecified atom stereocenters. The molecule has 27 heavy (non-hydrogen) atoms. The van der Waals surface area contributed by atoms with E-state index in [4.69, 9.17) is 14.2 Å². The monoisotopic (exact) mass is 369 g/mol. The zero-order chi connectivity index (χ0) is 20.0. The van der Waals surface area contributed by atoms with Gasteiger partial charge >= 0.3 is 0 Å². The number of anilines is 1. The zero-order valence-corrected chi connectivity index (χ0v) is 17.7. The minimum Gasteiger partial charge on any atom is -0.493 e. The summed E-state index contributed by atoms with van der Waals surface area (Å²) in [6.45, 7) is 13.4. The quantitative estimate of drug-likeness (QED) is 0.742. The molecular formula is C23H31NO3. The lowest BCUT2D eigenvalue weighted by Crippen LogP contribution is -2.17. The molecule has 0 saturated heterocycles. The number of nitrogens with one attached hydrogen (secondary N) is 1. The predicted molar refractivity (Wildman–Crippen MR) is 110 cm³/mol. The first-order valence-electron chi connectivity index (χ1n) is 9.38. The summed E-state index contributed by atoms with van der Waals surface area (Å²) in [5.74, 6) is 2.35. The molecule has 2 aromatic rings. The van der Waals surface area contributed by atoms with Crippen LogP contribution in [0.4, 0.5) is 5.69 Å². The van der Waals surface area contributed by atoms with Crippen molar-refractivity contribution < 1.29 is 14.2 Å². The van der Waals surface area contributed by atoms with Gasteiger partial charge in [-0.2, -0.15) is 0 Å². The Labute approximate surface area is 162 Å². The van der Waals surface area contributed by atoms with Crippen molar-refractivity contribution >= 4 is 5.69 Å². The maximum atomic E-state index is 6.38. The molecule has 3 rings (SSSR count). The summed E-state index contributed by atoms with van der Waals surface area (Å²) in [6, 6.07) is 10.4. The molecule has 0 spiro atoms. The summed E-state index contributed by atoms with van der Waals surface area (Å²) >= 11 is 0. The molecule has 1 heterocycles. The van der Waals surface area contributed by atoms with Gasteiger partial charge in [0, 0.05) is 11.1 Å². The lowest BCUT2D eigenvalue weighted by atomic mass is 9.80. The number of ether oxygens (including phenoxy) is 3. The van der Waals surface area contributed by atoms with Crippen molar-refractivity contribution in [3.8, 4) is 17.2 Å². The first-order chi connectivity index (χ1) is 12.5. The van der Waals surface area contributed by atoms with E-state index in [1.54, 1.807) is 14.2 Å². The summed E-state index contributed by atoms with van der Waals surface area (Å²) in [7, 11) is 3.29. The van der Waals surface area contributed by atoms with Crippen LogP contribution in [0.1, 0.15) is 64.5 Å². The van der Waals surface area contributed by atoms with Gasteiger partial charge in [-0.1, -0.05) is 47.6 Å². The Kier molecular flexibility index (Phi) is 4.79. The molecule has 146 valence electrons. The van der Waals surface area contributed by atoms with E-state index < -0.39 is 0 Å². The lowest BCUT2D eigenvalue weighted by molar-refractivity contribution is 0.253. The fourth-order valence-corrected chi connectivity index (χ4v) is 3.31. The van der Waals surface area contributed by atoms with Crippen LogP contribution in [0, 0.1) is 0 Å². The van der Waals surface area contributed by atoms with Gasteiger partial charge in [0.1, 0.15) is 5.75 Å². The molecule has 4 nitrogen and oxygen atoms in total. The number of fused-ring (bicyclic) bond motifs is 1. The maximum absolute atomic E-state index is 6.38. The van der Waals surface area contributed by atoms with Crippen LogP contribution < -0.4 is 19.5 Å². The smallest absolute Gasteiger partial charge is 0.196 e. The van der Waals surface area contributed by atoms with Crippen LogP contribution in [-0.4, -0.2) is 14.2 Å². The summed E-state index contributed by atoms with van der Waals surface area (Å²) in [6.07, 6.45) is -0.254. The molecule has 0 aliphatic carbocycles. The molecule has 0 radical (unpaired) electrons. The van der Waals surface area contributed by atoms with Crippen LogP contribution in [0.15, 0.2) is 30.3 Å². The topological polar surface area (TPSA) is 39.7 Å². The van der Waals surface area contributed by atoms with E-state index in [2.05, 4.69) is 59.0 Å². The lowest BCUT2D eigenvalue weighted by Gasteiger charge is -2.26. The molecule has 1 aliphatic heterocycles. The van der Waals surface area contributed by atoms with E-state index in [1.807, 2.05) is 18.2 Å². The highest BCUT2D eigenvalue weighted by Crippen LogP contribution is 2.47. The molecular weight excluding hydrogens is 338 g/mol. The zero-order valence-electron chi connectivity index (χ0n) is 17.7. The summed E-state index contributed by atoms with van der Waals surface area (Å²) < 4.78 is 17.2. The van der Waals surface area contributed by atoms with Crippen molar-refractivity contribution in [2.75, 3.05) is 19.5 Å². The van der Waals surface area contributed by atoms with Crippen LogP contribution in [0.25, 0.3) is 0 Å². The molecule has 0 bridgehead atoms. The van der Waals surface area contributed by atoms with Gasteiger partial charge < -0.3 is 19.5 Å². The van der Waals surface area contributed by atoms with E-state index in [1.165, 1.54) is 11.1 Å². The predicted octanol–water partition coefficient (Wildman–Crippen LogP) is 5.80. The Morgan fingerprint density at radius 2 is 1.52 bits per heavy atom. The number of hydrogen-bond donors (Lipinski definition) is 1. The van der Waals surface area contributed by atoms with Gasteiger partial charge in [0.25, 0.3) is 0 Å². The van der Waals surface area contributed by atoms with Crippen LogP contribution in [0.2, 0.25) is 0 Å². The fourth-order valence-electron chi connectivity index (χ4n) is 3.31. The van der Waals surface area contributed by atoms with Crippen molar-refractivity contribution in [1.29, 1.82) is 0 Å². The molecule has 0 fully saturated rings. The van der Waals surface area contributed by atoms with Crippen molar-refractivity contribution in [2.24, 2.45) is 0 Å². The number of hydrogen-bond acceptors (Lipinski definition) is 4. The molecule has 4 heteroatoms. The average Bonchev–Trinajstić information content (AvgIpc) is 3.02. The Morgan fingerprint density at radius 1 is 0.852 bits per heavy atom. The van der Waals surface area contributed by atoms with Gasteiger partial charge in [0.15, 0.2) is 17.7 Å². The van der Waals surface area contributed by atoms with E-state index in [0.29, 0.717) is 11.5 Å². The molecule has 1 N–H and O–H groups in total. The Bertz CT molecular complexity index is 844. The van der Waals surface area contributed by atoms with Crippen molar-refractivity contribution in [3.05, 3.63) is 47.0 Å². The van der Waals surface area contributed by atoms with Crippen molar-refractivity contribution in [1.82, 2.24) is 0 Å². The minimum atomic E-state index is -0.254. The third-order valence-electron chi connectivity index (χ3n) is 5.00. The van der Waals surface area contributed by atoms with Crippen LogP contribution in [0.5, 0.6) is 17.2 Å². The molecule has 2 aromatic carbocycles. The normalized spacial score (nSPS) is 16.4. The third-order valence-corrected chi connectivity index (χ3v) is 5.00. The first-order valence-corrected chi connectivity index (χ1v) is 9.38. The van der Waals surface area contributed by atoms with Crippen LogP contribution >= 0.6 is 0 Å². The highest BCUT2D eigenvalue weighted by molar-refractivity contribution is 5.68. The largest absolute Gasteiger partial charge is 0.493 e. The Balaban J connectivity index is 2.03. The number of benzene rings is 2. The molecule has 0 aromatic heterocycles. The highest BCUT2D eigenvalue weighted by atomic mass is 16.5. The minimum absolute atomic E-state index is 0.0144. The van der Waals surface area contributed by atoms with E-state index in [0.717, 1.165) is 17.0 Å². The second-order valence-corrected chi connectivity index (χ2v) is 9.16. The van der Waals surface area contributed by atoms with Crippen LogP contribution in [-0.2, 0) is 10.8 Å². The van der Waals surface area contributed by atoms with Crippen molar-refractivity contribution in [3.63, 3.8) is 0 Å². The summed E-state index contributed by atoms with van der Waals surface area (Å²) in [5.41, 5.74) is 4.63. The summed E-state index contributed by atoms with van der Waals surface area (Å²) in [4.78, 5) is 0. The molecule has 0 amide bonds. The second kappa shape index (κ2) is 6.66. The van der Waals surface area contributed by atoms with Gasteiger partial charge in [-0.3, -0.25) is 0 Å². The van der Waals surface area contributed by atoms with E-state index in [-0.39, 0.29) is 17.1 Å². The highest BCUT2D eigenvalue weighted by Gasteiger charge is 2.32. The number of rotatable bonds is 3. The van der Waals surface area contributed by atoms with Crippen LogP contribution in [0.3, 0.4) is 0 Å². The van der Waals surface area contributed by atoms with E-state index >= 15 is 0 Å².